The van der Waals surface area contributed by atoms with Gasteiger partial charge in [0.15, 0.2) is 0 Å². The molecule has 1 aliphatic heterocycles. The van der Waals surface area contributed by atoms with E-state index in [-0.39, 0.29) is 22.7 Å². The minimum Gasteiger partial charge on any atom is -0.355 e. The van der Waals surface area contributed by atoms with Gasteiger partial charge in [-0.3, -0.25) is 14.9 Å². The summed E-state index contributed by atoms with van der Waals surface area (Å²) < 4.78 is 3.24. The van der Waals surface area contributed by atoms with Crippen LogP contribution in [0.2, 0.25) is 0 Å². The van der Waals surface area contributed by atoms with Gasteiger partial charge in [0, 0.05) is 49.9 Å². The Hall–Kier alpha value is -3.20. The molecule has 0 radical (unpaired) electrons. The minimum atomic E-state index is -0.379. The zero-order chi connectivity index (χ0) is 18.1. The lowest BCUT2D eigenvalue weighted by atomic mass is 10.1. The van der Waals surface area contributed by atoms with Crippen molar-refractivity contribution in [3.8, 4) is 0 Å². The van der Waals surface area contributed by atoms with E-state index >= 15 is 0 Å². The summed E-state index contributed by atoms with van der Waals surface area (Å²) in [6.45, 7) is 3.46. The summed E-state index contributed by atoms with van der Waals surface area (Å²) in [5.41, 5.74) is 1.05. The number of hydrogen-bond donors (Lipinski definition) is 1. The van der Waals surface area contributed by atoms with Crippen LogP contribution in [0.1, 0.15) is 5.56 Å². The number of nitrogens with zero attached hydrogens (tertiary/aromatic N) is 5. The van der Waals surface area contributed by atoms with Gasteiger partial charge in [-0.05, 0) is 0 Å². The van der Waals surface area contributed by atoms with Crippen LogP contribution in [0.4, 0.5) is 11.5 Å². The highest BCUT2D eigenvalue weighted by Crippen LogP contribution is 2.23. The van der Waals surface area contributed by atoms with Crippen molar-refractivity contribution in [2.75, 3.05) is 31.1 Å². The molecular formula is C17H18N6O3. The molecular weight excluding hydrogens is 336 g/mol. The fourth-order valence-corrected chi connectivity index (χ4v) is 3.35. The highest BCUT2D eigenvalue weighted by Gasteiger charge is 2.20. The average molecular weight is 354 g/mol. The quantitative estimate of drug-likeness (QED) is 0.551. The Morgan fingerprint density at radius 2 is 1.96 bits per heavy atom. The van der Waals surface area contributed by atoms with Gasteiger partial charge in [-0.15, -0.1) is 0 Å². The van der Waals surface area contributed by atoms with Crippen LogP contribution in [0.25, 0.3) is 5.65 Å². The molecule has 134 valence electrons. The molecule has 0 aliphatic carbocycles. The van der Waals surface area contributed by atoms with Crippen molar-refractivity contribution in [2.45, 2.75) is 6.54 Å². The topological polar surface area (TPSA) is 97.7 Å². The summed E-state index contributed by atoms with van der Waals surface area (Å²) in [6, 6.07) is 9.98. The fourth-order valence-electron chi connectivity index (χ4n) is 3.35. The largest absolute Gasteiger partial charge is 0.355 e. The van der Waals surface area contributed by atoms with Crippen molar-refractivity contribution in [1.29, 1.82) is 0 Å². The van der Waals surface area contributed by atoms with Gasteiger partial charge in [-0.2, -0.15) is 9.61 Å². The number of benzene rings is 1. The number of piperazine rings is 1. The van der Waals surface area contributed by atoms with Crippen LogP contribution in [0.15, 0.2) is 47.4 Å². The Bertz CT molecular complexity index is 1020. The van der Waals surface area contributed by atoms with Crippen LogP contribution in [0.3, 0.4) is 0 Å². The van der Waals surface area contributed by atoms with Gasteiger partial charge in [0.1, 0.15) is 11.5 Å². The molecule has 9 heteroatoms. The van der Waals surface area contributed by atoms with Gasteiger partial charge in [0.25, 0.3) is 11.2 Å². The van der Waals surface area contributed by atoms with Crippen LogP contribution in [-0.4, -0.2) is 45.3 Å². The second-order valence-electron chi connectivity index (χ2n) is 6.15. The maximum Gasteiger partial charge on any atom is 0.276 e. The summed E-state index contributed by atoms with van der Waals surface area (Å²) in [5, 5.41) is 18.7. The number of nitro groups is 1. The SMILES string of the molecule is O=c1cc(N2CCNCC2)n(Cc2ccccc2[N+](=O)[O-])c2ccnn12. The second kappa shape index (κ2) is 6.60. The molecule has 3 aromatic rings. The molecule has 1 N–H and O–H groups in total. The van der Waals surface area contributed by atoms with E-state index in [1.807, 2.05) is 4.57 Å². The second-order valence-corrected chi connectivity index (χ2v) is 6.15. The van der Waals surface area contributed by atoms with Gasteiger partial charge in [0.2, 0.25) is 0 Å². The Morgan fingerprint density at radius 3 is 2.73 bits per heavy atom. The van der Waals surface area contributed by atoms with E-state index in [1.165, 1.54) is 10.6 Å². The van der Waals surface area contributed by atoms with Gasteiger partial charge >= 0.3 is 0 Å². The standard InChI is InChI=1S/C17H18N6O3/c24-17-11-16(20-9-7-18-8-10-20)21(15-5-6-19-22(15)17)12-13-3-1-2-4-14(13)23(25)26/h1-6,11,18H,7-10,12H2. The molecule has 0 saturated carbocycles. The summed E-state index contributed by atoms with van der Waals surface area (Å²) in [5.74, 6) is 0.752. The summed E-state index contributed by atoms with van der Waals surface area (Å²) >= 11 is 0. The Morgan fingerprint density at radius 1 is 1.19 bits per heavy atom. The molecule has 26 heavy (non-hydrogen) atoms. The minimum absolute atomic E-state index is 0.0649. The Kier molecular flexibility index (Phi) is 4.13. The lowest BCUT2D eigenvalue weighted by molar-refractivity contribution is -0.385. The molecule has 0 bridgehead atoms. The molecule has 1 saturated heterocycles. The third-order valence-corrected chi connectivity index (χ3v) is 4.59. The maximum absolute atomic E-state index is 12.4. The number of rotatable bonds is 4. The van der Waals surface area contributed by atoms with E-state index in [0.717, 1.165) is 32.0 Å². The zero-order valence-corrected chi connectivity index (χ0v) is 14.0. The summed E-state index contributed by atoms with van der Waals surface area (Å²) in [4.78, 5) is 25.5. The van der Waals surface area contributed by atoms with Crippen molar-refractivity contribution >= 4 is 17.2 Å². The van der Waals surface area contributed by atoms with Crippen LogP contribution in [0, 0.1) is 10.1 Å². The number of anilines is 1. The van der Waals surface area contributed by atoms with E-state index in [4.69, 9.17) is 0 Å². The predicted octanol–water partition coefficient (Wildman–Crippen LogP) is 0.862. The van der Waals surface area contributed by atoms with Crippen LogP contribution >= 0.6 is 0 Å². The number of para-hydroxylation sites is 1. The first-order valence-electron chi connectivity index (χ1n) is 8.41. The van der Waals surface area contributed by atoms with E-state index in [0.29, 0.717) is 11.2 Å². The first-order valence-corrected chi connectivity index (χ1v) is 8.41. The zero-order valence-electron chi connectivity index (χ0n) is 14.0. The van der Waals surface area contributed by atoms with Crippen LogP contribution < -0.4 is 15.8 Å². The molecule has 0 unspecified atom stereocenters. The monoisotopic (exact) mass is 354 g/mol. The predicted molar refractivity (Wildman–Crippen MR) is 96.7 cm³/mol. The molecule has 2 aromatic heterocycles. The number of hydrogen-bond acceptors (Lipinski definition) is 6. The highest BCUT2D eigenvalue weighted by molar-refractivity contribution is 5.52. The summed E-state index contributed by atoms with van der Waals surface area (Å²) in [7, 11) is 0. The summed E-state index contributed by atoms with van der Waals surface area (Å²) in [6.07, 6.45) is 1.56. The lowest BCUT2D eigenvalue weighted by Gasteiger charge is -2.31. The Labute approximate surface area is 148 Å². The number of aromatic nitrogens is 3. The van der Waals surface area contributed by atoms with Crippen LogP contribution in [-0.2, 0) is 6.54 Å². The van der Waals surface area contributed by atoms with Gasteiger partial charge in [0.05, 0.1) is 17.7 Å². The molecule has 0 spiro atoms. The smallest absolute Gasteiger partial charge is 0.276 e. The van der Waals surface area contributed by atoms with Crippen molar-refractivity contribution in [1.82, 2.24) is 19.5 Å². The van der Waals surface area contributed by atoms with Crippen molar-refractivity contribution in [3.63, 3.8) is 0 Å². The van der Waals surface area contributed by atoms with Crippen LogP contribution in [0.5, 0.6) is 0 Å². The molecule has 9 nitrogen and oxygen atoms in total. The average Bonchev–Trinajstić information content (AvgIpc) is 3.15. The molecule has 1 fully saturated rings. The third-order valence-electron chi connectivity index (χ3n) is 4.59. The third kappa shape index (κ3) is 2.82. The Balaban J connectivity index is 1.88. The highest BCUT2D eigenvalue weighted by atomic mass is 16.6. The molecule has 0 amide bonds. The molecule has 0 atom stereocenters. The van der Waals surface area contributed by atoms with Gasteiger partial charge in [-0.25, -0.2) is 0 Å². The molecule has 3 heterocycles. The lowest BCUT2D eigenvalue weighted by Crippen LogP contribution is -2.45. The van der Waals surface area contributed by atoms with Crippen molar-refractivity contribution in [3.05, 3.63) is 68.6 Å². The maximum atomic E-state index is 12.4. The fraction of sp³-hybridized carbons (Fsp3) is 0.294. The molecule has 4 rings (SSSR count). The first-order chi connectivity index (χ1) is 12.6. The number of nitro benzene ring substituents is 1. The van der Waals surface area contributed by atoms with Gasteiger partial charge in [-0.1, -0.05) is 18.2 Å². The molecule has 1 aliphatic rings. The van der Waals surface area contributed by atoms with E-state index in [1.54, 1.807) is 36.5 Å². The number of nitrogens with one attached hydrogen (secondary N) is 1. The van der Waals surface area contributed by atoms with Gasteiger partial charge < -0.3 is 14.8 Å². The molecule has 1 aromatic carbocycles. The van der Waals surface area contributed by atoms with E-state index < -0.39 is 0 Å². The van der Waals surface area contributed by atoms with Crippen molar-refractivity contribution < 1.29 is 4.92 Å². The first kappa shape index (κ1) is 16.3. The number of fused-ring (bicyclic) bond motifs is 1. The van der Waals surface area contributed by atoms with E-state index in [9.17, 15) is 14.9 Å². The van der Waals surface area contributed by atoms with Crippen molar-refractivity contribution in [2.24, 2.45) is 0 Å². The normalized spacial score (nSPS) is 14.7. The van der Waals surface area contributed by atoms with E-state index in [2.05, 4.69) is 15.3 Å².